The number of aromatic nitrogens is 1. The van der Waals surface area contributed by atoms with E-state index in [1.54, 1.807) is 0 Å². The average Bonchev–Trinajstić information content (AvgIpc) is 2.50. The number of ketones is 1. The number of aryl methyl sites for hydroxylation is 1. The van der Waals surface area contributed by atoms with Gasteiger partial charge in [-0.15, -0.1) is 0 Å². The predicted octanol–water partition coefficient (Wildman–Crippen LogP) is 1.83. The molecule has 0 aliphatic rings. The van der Waals surface area contributed by atoms with Crippen molar-refractivity contribution < 1.29 is 9.32 Å². The molecule has 3 heteroatoms. The molecule has 0 radical (unpaired) electrons. The largest absolute Gasteiger partial charge is 0.361 e. The highest BCUT2D eigenvalue weighted by atomic mass is 16.5. The molecule has 0 bridgehead atoms. The number of hydrogen-bond acceptors (Lipinski definition) is 3. The topological polar surface area (TPSA) is 43.1 Å². The summed E-state index contributed by atoms with van der Waals surface area (Å²) in [5.41, 5.74) is 0.634. The van der Waals surface area contributed by atoms with Crippen LogP contribution in [0.1, 0.15) is 36.4 Å². The van der Waals surface area contributed by atoms with Gasteiger partial charge < -0.3 is 4.52 Å². The molecular formula is C8H11NO2. The fourth-order valence-corrected chi connectivity index (χ4v) is 0.937. The van der Waals surface area contributed by atoms with Crippen molar-refractivity contribution in [3.05, 3.63) is 17.5 Å². The molecule has 0 atom stereocenters. The van der Waals surface area contributed by atoms with E-state index in [1.165, 1.54) is 6.20 Å². The minimum Gasteiger partial charge on any atom is -0.361 e. The summed E-state index contributed by atoms with van der Waals surface area (Å²) in [7, 11) is 0. The monoisotopic (exact) mass is 153 g/mol. The van der Waals surface area contributed by atoms with Crippen molar-refractivity contribution in [1.82, 2.24) is 5.16 Å². The van der Waals surface area contributed by atoms with Gasteiger partial charge in [0.1, 0.15) is 5.76 Å². The molecule has 0 amide bonds. The molecule has 0 spiro atoms. The van der Waals surface area contributed by atoms with E-state index in [2.05, 4.69) is 5.16 Å². The first kappa shape index (κ1) is 7.98. The van der Waals surface area contributed by atoms with Crippen molar-refractivity contribution in [1.29, 1.82) is 0 Å². The minimum absolute atomic E-state index is 0.100. The van der Waals surface area contributed by atoms with Crippen molar-refractivity contribution in [3.8, 4) is 0 Å². The summed E-state index contributed by atoms with van der Waals surface area (Å²) in [5.74, 6) is 0.792. The third kappa shape index (κ3) is 1.48. The maximum absolute atomic E-state index is 11.2. The summed E-state index contributed by atoms with van der Waals surface area (Å²) >= 11 is 0. The van der Waals surface area contributed by atoms with Gasteiger partial charge in [0.05, 0.1) is 11.8 Å². The second-order valence-electron chi connectivity index (χ2n) is 2.29. The quantitative estimate of drug-likeness (QED) is 0.622. The van der Waals surface area contributed by atoms with Crippen LogP contribution in [0.15, 0.2) is 10.7 Å². The zero-order valence-corrected chi connectivity index (χ0v) is 6.76. The molecule has 1 aromatic heterocycles. The molecular weight excluding hydrogens is 142 g/mol. The van der Waals surface area contributed by atoms with Crippen LogP contribution in [0.5, 0.6) is 0 Å². The van der Waals surface area contributed by atoms with E-state index in [9.17, 15) is 4.79 Å². The first-order chi connectivity index (χ1) is 5.29. The van der Waals surface area contributed by atoms with Gasteiger partial charge in [-0.25, -0.2) is 0 Å². The summed E-state index contributed by atoms with van der Waals surface area (Å²) in [4.78, 5) is 11.2. The van der Waals surface area contributed by atoms with Crippen molar-refractivity contribution in [2.45, 2.75) is 26.7 Å². The molecule has 0 fully saturated rings. The van der Waals surface area contributed by atoms with Gasteiger partial charge in [-0.1, -0.05) is 19.0 Å². The number of rotatable bonds is 3. The molecule has 0 aliphatic carbocycles. The van der Waals surface area contributed by atoms with E-state index in [-0.39, 0.29) is 5.78 Å². The van der Waals surface area contributed by atoms with E-state index in [0.717, 1.165) is 6.42 Å². The standard InChI is InChI=1S/C8H11NO2/c1-3-7(10)6-5-9-11-8(6)4-2/h5H,3-4H2,1-2H3. The average molecular weight is 153 g/mol. The Labute approximate surface area is 65.4 Å². The lowest BCUT2D eigenvalue weighted by molar-refractivity contribution is 0.0986. The molecule has 1 rings (SSSR count). The molecule has 60 valence electrons. The Kier molecular flexibility index (Phi) is 2.41. The van der Waals surface area contributed by atoms with Crippen LogP contribution in [0.2, 0.25) is 0 Å². The van der Waals surface area contributed by atoms with Crippen LogP contribution in [0, 0.1) is 0 Å². The predicted molar refractivity (Wildman–Crippen MR) is 40.5 cm³/mol. The van der Waals surface area contributed by atoms with Gasteiger partial charge in [-0.05, 0) is 0 Å². The van der Waals surface area contributed by atoms with E-state index in [0.29, 0.717) is 17.7 Å². The van der Waals surface area contributed by atoms with Gasteiger partial charge >= 0.3 is 0 Å². The first-order valence-electron chi connectivity index (χ1n) is 3.76. The molecule has 0 aliphatic heterocycles. The Balaban J connectivity index is 2.92. The highest BCUT2D eigenvalue weighted by Crippen LogP contribution is 2.10. The summed E-state index contributed by atoms with van der Waals surface area (Å²) in [5, 5.41) is 3.57. The van der Waals surface area contributed by atoms with Gasteiger partial charge in [0, 0.05) is 12.8 Å². The smallest absolute Gasteiger partial charge is 0.167 e. The zero-order valence-electron chi connectivity index (χ0n) is 6.76. The highest BCUT2D eigenvalue weighted by molar-refractivity contribution is 5.96. The van der Waals surface area contributed by atoms with Crippen molar-refractivity contribution in [2.75, 3.05) is 0 Å². The van der Waals surface area contributed by atoms with Crippen molar-refractivity contribution in [2.24, 2.45) is 0 Å². The fraction of sp³-hybridized carbons (Fsp3) is 0.500. The van der Waals surface area contributed by atoms with Crippen molar-refractivity contribution in [3.63, 3.8) is 0 Å². The maximum Gasteiger partial charge on any atom is 0.167 e. The van der Waals surface area contributed by atoms with Crippen LogP contribution >= 0.6 is 0 Å². The van der Waals surface area contributed by atoms with Gasteiger partial charge in [-0.3, -0.25) is 4.79 Å². The first-order valence-corrected chi connectivity index (χ1v) is 3.76. The molecule has 0 aromatic carbocycles. The van der Waals surface area contributed by atoms with E-state index in [4.69, 9.17) is 4.52 Å². The van der Waals surface area contributed by atoms with E-state index < -0.39 is 0 Å². The fourth-order valence-electron chi connectivity index (χ4n) is 0.937. The van der Waals surface area contributed by atoms with Gasteiger partial charge in [-0.2, -0.15) is 0 Å². The third-order valence-corrected chi connectivity index (χ3v) is 1.59. The zero-order chi connectivity index (χ0) is 8.27. The second kappa shape index (κ2) is 3.32. The Morgan fingerprint density at radius 1 is 1.64 bits per heavy atom. The van der Waals surface area contributed by atoms with Crippen LogP contribution in [-0.2, 0) is 6.42 Å². The molecule has 0 N–H and O–H groups in total. The SMILES string of the molecule is CCC(=O)c1cnoc1CC. The molecule has 3 nitrogen and oxygen atoms in total. The number of carbonyl (C=O) groups excluding carboxylic acids is 1. The Hall–Kier alpha value is -1.12. The number of Topliss-reactive ketones (excluding diaryl/α,β-unsaturated/α-hetero) is 1. The van der Waals surface area contributed by atoms with Crippen LogP contribution < -0.4 is 0 Å². The molecule has 0 saturated heterocycles. The van der Waals surface area contributed by atoms with Crippen molar-refractivity contribution >= 4 is 5.78 Å². The summed E-state index contributed by atoms with van der Waals surface area (Å²) < 4.78 is 4.87. The minimum atomic E-state index is 0.100. The third-order valence-electron chi connectivity index (χ3n) is 1.59. The summed E-state index contributed by atoms with van der Waals surface area (Å²) in [6.45, 7) is 3.77. The molecule has 11 heavy (non-hydrogen) atoms. The summed E-state index contributed by atoms with van der Waals surface area (Å²) in [6.07, 6.45) is 2.72. The molecule has 0 unspecified atom stereocenters. The van der Waals surface area contributed by atoms with Crippen LogP contribution in [-0.4, -0.2) is 10.9 Å². The van der Waals surface area contributed by atoms with Crippen LogP contribution in [0.4, 0.5) is 0 Å². The van der Waals surface area contributed by atoms with Crippen LogP contribution in [0.3, 0.4) is 0 Å². The van der Waals surface area contributed by atoms with E-state index >= 15 is 0 Å². The van der Waals surface area contributed by atoms with Crippen LogP contribution in [0.25, 0.3) is 0 Å². The lowest BCUT2D eigenvalue weighted by Gasteiger charge is -1.92. The van der Waals surface area contributed by atoms with Gasteiger partial charge in [0.25, 0.3) is 0 Å². The molecule has 1 heterocycles. The molecule has 1 aromatic rings. The van der Waals surface area contributed by atoms with Gasteiger partial charge in [0.15, 0.2) is 5.78 Å². The Morgan fingerprint density at radius 3 is 2.91 bits per heavy atom. The maximum atomic E-state index is 11.2. The lowest BCUT2D eigenvalue weighted by atomic mass is 10.1. The Morgan fingerprint density at radius 2 is 2.36 bits per heavy atom. The van der Waals surface area contributed by atoms with E-state index in [1.807, 2.05) is 13.8 Å². The second-order valence-corrected chi connectivity index (χ2v) is 2.29. The number of nitrogens with zero attached hydrogens (tertiary/aromatic N) is 1. The van der Waals surface area contributed by atoms with Gasteiger partial charge in [0.2, 0.25) is 0 Å². The normalized spacial score (nSPS) is 10.0. The molecule has 0 saturated carbocycles. The number of hydrogen-bond donors (Lipinski definition) is 0. The lowest BCUT2D eigenvalue weighted by Crippen LogP contribution is -1.97. The number of carbonyl (C=O) groups is 1. The summed E-state index contributed by atoms with van der Waals surface area (Å²) in [6, 6.07) is 0. The Bertz CT molecular complexity index is 252. The highest BCUT2D eigenvalue weighted by Gasteiger charge is 2.11.